The van der Waals surface area contributed by atoms with Crippen molar-refractivity contribution in [1.29, 1.82) is 0 Å². The molecule has 3 N–H and O–H groups in total. The van der Waals surface area contributed by atoms with Crippen LogP contribution in [-0.4, -0.2) is 29.8 Å². The number of hydrogen-bond acceptors (Lipinski definition) is 4. The molecule has 0 aliphatic carbocycles. The van der Waals surface area contributed by atoms with Crippen LogP contribution in [0.5, 0.6) is 0 Å². The Morgan fingerprint density at radius 1 is 1.50 bits per heavy atom. The van der Waals surface area contributed by atoms with E-state index in [2.05, 4.69) is 0 Å². The van der Waals surface area contributed by atoms with Crippen molar-refractivity contribution in [2.75, 3.05) is 6.61 Å². The van der Waals surface area contributed by atoms with Gasteiger partial charge in [-0.3, -0.25) is 5.73 Å². The molecule has 0 bridgehead atoms. The summed E-state index contributed by atoms with van der Waals surface area (Å²) in [5.41, 5.74) is 5.32. The van der Waals surface area contributed by atoms with E-state index in [0.29, 0.717) is 6.42 Å². The summed E-state index contributed by atoms with van der Waals surface area (Å²) in [6.07, 6.45) is 1.30. The van der Waals surface area contributed by atoms with Crippen LogP contribution in [-0.2, 0) is 9.47 Å². The highest BCUT2D eigenvalue weighted by Crippen LogP contribution is 2.32. The van der Waals surface area contributed by atoms with Crippen LogP contribution in [0.3, 0.4) is 0 Å². The number of nitrogens with two attached hydrogens (primary N) is 1. The maximum atomic E-state index is 9.18. The van der Waals surface area contributed by atoms with Gasteiger partial charge in [0.05, 0.1) is 12.2 Å². The van der Waals surface area contributed by atoms with E-state index in [4.69, 9.17) is 15.2 Å². The summed E-state index contributed by atoms with van der Waals surface area (Å²) in [7, 11) is 0. The summed E-state index contributed by atoms with van der Waals surface area (Å²) in [5, 5.41) is 9.18. The van der Waals surface area contributed by atoms with Crippen molar-refractivity contribution in [1.82, 2.24) is 0 Å². The molecule has 0 aromatic heterocycles. The van der Waals surface area contributed by atoms with Crippen LogP contribution in [0.1, 0.15) is 12.8 Å². The molecule has 3 unspecified atom stereocenters. The van der Waals surface area contributed by atoms with Crippen LogP contribution in [0, 0.1) is 0 Å². The average Bonchev–Trinajstić information content (AvgIpc) is 2.20. The zero-order valence-electron chi connectivity index (χ0n) is 5.62. The summed E-state index contributed by atoms with van der Waals surface area (Å²) in [4.78, 5) is 0. The van der Waals surface area contributed by atoms with Crippen molar-refractivity contribution in [3.63, 3.8) is 0 Å². The molecule has 58 valence electrons. The zero-order chi connectivity index (χ0) is 7.19. The van der Waals surface area contributed by atoms with E-state index in [1.807, 2.05) is 0 Å². The number of aliphatic hydroxyl groups is 1. The molecule has 0 aromatic rings. The minimum Gasteiger partial charge on any atom is -0.375 e. The third kappa shape index (κ3) is 0.932. The van der Waals surface area contributed by atoms with E-state index >= 15 is 0 Å². The van der Waals surface area contributed by atoms with E-state index in [1.54, 1.807) is 0 Å². The second kappa shape index (κ2) is 1.92. The highest BCUT2D eigenvalue weighted by atomic mass is 16.7. The lowest BCUT2D eigenvalue weighted by Crippen LogP contribution is -2.39. The molecule has 2 saturated heterocycles. The van der Waals surface area contributed by atoms with Gasteiger partial charge in [0.25, 0.3) is 0 Å². The summed E-state index contributed by atoms with van der Waals surface area (Å²) in [6, 6.07) is 0. The molecule has 2 heterocycles. The first-order valence-corrected chi connectivity index (χ1v) is 3.48. The van der Waals surface area contributed by atoms with E-state index in [0.717, 1.165) is 13.0 Å². The normalized spacial score (nSPS) is 53.4. The molecule has 0 radical (unpaired) electrons. The fraction of sp³-hybridized carbons (Fsp3) is 1.00. The minimum atomic E-state index is -1.43. The molecule has 0 aromatic carbocycles. The molecular formula is C6H11NO3. The van der Waals surface area contributed by atoms with Crippen molar-refractivity contribution in [2.24, 2.45) is 5.73 Å². The predicted octanol–water partition coefficient (Wildman–Crippen LogP) is -0.831. The van der Waals surface area contributed by atoms with E-state index < -0.39 is 5.91 Å². The first kappa shape index (κ1) is 6.54. The van der Waals surface area contributed by atoms with Gasteiger partial charge in [0.1, 0.15) is 0 Å². The van der Waals surface area contributed by atoms with Crippen LogP contribution < -0.4 is 5.73 Å². The Morgan fingerprint density at radius 2 is 2.30 bits per heavy atom. The third-order valence-electron chi connectivity index (χ3n) is 2.00. The summed E-state index contributed by atoms with van der Waals surface area (Å²) >= 11 is 0. The second-order valence-electron chi connectivity index (χ2n) is 2.90. The number of rotatable bonds is 0. The Hall–Kier alpha value is -0.160. The fourth-order valence-corrected chi connectivity index (χ4v) is 1.55. The molecule has 4 heteroatoms. The first-order valence-electron chi connectivity index (χ1n) is 3.48. The van der Waals surface area contributed by atoms with Gasteiger partial charge < -0.3 is 14.6 Å². The van der Waals surface area contributed by atoms with Gasteiger partial charge in [-0.2, -0.15) is 0 Å². The van der Waals surface area contributed by atoms with Gasteiger partial charge in [-0.25, -0.2) is 0 Å². The summed E-state index contributed by atoms with van der Waals surface area (Å²) in [6.45, 7) is 0.728. The summed E-state index contributed by atoms with van der Waals surface area (Å²) < 4.78 is 10.3. The second-order valence-corrected chi connectivity index (χ2v) is 2.90. The monoisotopic (exact) mass is 145 g/mol. The topological polar surface area (TPSA) is 64.7 Å². The average molecular weight is 145 g/mol. The van der Waals surface area contributed by atoms with Crippen LogP contribution in [0.2, 0.25) is 0 Å². The van der Waals surface area contributed by atoms with Crippen LogP contribution in [0.25, 0.3) is 0 Å². The van der Waals surface area contributed by atoms with Gasteiger partial charge in [0.2, 0.25) is 5.91 Å². The standard InChI is InChI=1S/C6H11NO3/c7-6(8)3-5-4(10-6)1-2-9-5/h4-5,8H,1-3,7H2. The Bertz CT molecular complexity index is 134. The Kier molecular flexibility index (Phi) is 1.25. The number of hydrogen-bond donors (Lipinski definition) is 2. The Morgan fingerprint density at radius 3 is 3.00 bits per heavy atom. The molecule has 2 fully saturated rings. The quantitative estimate of drug-likeness (QED) is 0.437. The van der Waals surface area contributed by atoms with Crippen molar-refractivity contribution in [3.05, 3.63) is 0 Å². The molecule has 0 saturated carbocycles. The van der Waals surface area contributed by atoms with Crippen molar-refractivity contribution in [2.45, 2.75) is 31.0 Å². The zero-order valence-corrected chi connectivity index (χ0v) is 5.62. The Labute approximate surface area is 58.9 Å². The lowest BCUT2D eigenvalue weighted by molar-refractivity contribution is -0.187. The molecule has 2 aliphatic heterocycles. The van der Waals surface area contributed by atoms with Gasteiger partial charge in [-0.1, -0.05) is 0 Å². The van der Waals surface area contributed by atoms with Gasteiger partial charge in [0, 0.05) is 13.0 Å². The van der Waals surface area contributed by atoms with Gasteiger partial charge >= 0.3 is 0 Å². The smallest absolute Gasteiger partial charge is 0.225 e. The van der Waals surface area contributed by atoms with Crippen LogP contribution in [0.15, 0.2) is 0 Å². The first-order chi connectivity index (χ1) is 4.67. The summed E-state index contributed by atoms with van der Waals surface area (Å²) in [5.74, 6) is -1.43. The largest absolute Gasteiger partial charge is 0.375 e. The molecule has 0 amide bonds. The molecule has 2 aliphatic rings. The number of fused-ring (bicyclic) bond motifs is 1. The van der Waals surface area contributed by atoms with Gasteiger partial charge in [0.15, 0.2) is 0 Å². The maximum absolute atomic E-state index is 9.18. The highest BCUT2D eigenvalue weighted by Gasteiger charge is 2.46. The van der Waals surface area contributed by atoms with Crippen molar-refractivity contribution < 1.29 is 14.6 Å². The lowest BCUT2D eigenvalue weighted by Gasteiger charge is -2.15. The third-order valence-corrected chi connectivity index (χ3v) is 2.00. The lowest BCUT2D eigenvalue weighted by atomic mass is 10.2. The molecule has 0 spiro atoms. The van der Waals surface area contributed by atoms with E-state index in [1.165, 1.54) is 0 Å². The van der Waals surface area contributed by atoms with Gasteiger partial charge in [-0.15, -0.1) is 0 Å². The van der Waals surface area contributed by atoms with Crippen molar-refractivity contribution >= 4 is 0 Å². The predicted molar refractivity (Wildman–Crippen MR) is 33.0 cm³/mol. The molecular weight excluding hydrogens is 134 g/mol. The van der Waals surface area contributed by atoms with Gasteiger partial charge in [-0.05, 0) is 6.42 Å². The van der Waals surface area contributed by atoms with Crippen molar-refractivity contribution in [3.8, 4) is 0 Å². The number of ether oxygens (including phenoxy) is 2. The van der Waals surface area contributed by atoms with E-state index in [9.17, 15) is 5.11 Å². The molecule has 4 nitrogen and oxygen atoms in total. The fourth-order valence-electron chi connectivity index (χ4n) is 1.55. The Balaban J connectivity index is 2.07. The molecule has 3 atom stereocenters. The minimum absolute atomic E-state index is 0.0231. The SMILES string of the molecule is NC1(O)CC2OCCC2O1. The van der Waals surface area contributed by atoms with Crippen LogP contribution >= 0.6 is 0 Å². The van der Waals surface area contributed by atoms with Crippen LogP contribution in [0.4, 0.5) is 0 Å². The molecule has 10 heavy (non-hydrogen) atoms. The molecule has 2 rings (SSSR count). The highest BCUT2D eigenvalue weighted by molar-refractivity contribution is 4.87. The van der Waals surface area contributed by atoms with E-state index in [-0.39, 0.29) is 12.2 Å². The maximum Gasteiger partial charge on any atom is 0.225 e.